The molecule has 0 fully saturated rings. The van der Waals surface area contributed by atoms with Crippen molar-refractivity contribution >= 4 is 22.3 Å². The van der Waals surface area contributed by atoms with Crippen molar-refractivity contribution in [2.24, 2.45) is 4.99 Å². The van der Waals surface area contributed by atoms with Gasteiger partial charge in [0.15, 0.2) is 0 Å². The van der Waals surface area contributed by atoms with Gasteiger partial charge in [0.25, 0.3) is 0 Å². The first-order chi connectivity index (χ1) is 13.2. The van der Waals surface area contributed by atoms with Crippen LogP contribution < -0.4 is 10.6 Å². The van der Waals surface area contributed by atoms with E-state index < -0.39 is 5.60 Å². The first kappa shape index (κ1) is 17.9. The monoisotopic (exact) mass is 362 g/mol. The van der Waals surface area contributed by atoms with Gasteiger partial charge in [-0.3, -0.25) is 0 Å². The number of rotatable bonds is 7. The van der Waals surface area contributed by atoms with Gasteiger partial charge in [0.05, 0.1) is 11.4 Å². The predicted molar refractivity (Wildman–Crippen MR) is 111 cm³/mol. The molecule has 0 spiro atoms. The van der Waals surface area contributed by atoms with Gasteiger partial charge >= 0.3 is 0 Å². The largest absolute Gasteiger partial charge is 0.379 e. The maximum atomic E-state index is 11.8. The lowest BCUT2D eigenvalue weighted by Gasteiger charge is -2.26. The molecule has 2 aromatic carbocycles. The van der Waals surface area contributed by atoms with Gasteiger partial charge in [-0.1, -0.05) is 36.4 Å². The summed E-state index contributed by atoms with van der Waals surface area (Å²) < 4.78 is 0. The second kappa shape index (κ2) is 7.27. The number of H-pyrrole nitrogens is 1. The highest BCUT2D eigenvalue weighted by atomic mass is 16.3. The highest BCUT2D eigenvalue weighted by molar-refractivity contribution is 6.14. The summed E-state index contributed by atoms with van der Waals surface area (Å²) in [7, 11) is 3.86. The smallest absolute Gasteiger partial charge is 0.137 e. The van der Waals surface area contributed by atoms with E-state index in [2.05, 4.69) is 33.8 Å². The zero-order valence-electron chi connectivity index (χ0n) is 15.8. The fourth-order valence-electron chi connectivity index (χ4n) is 3.99. The van der Waals surface area contributed by atoms with E-state index in [4.69, 9.17) is 4.99 Å². The first-order valence-electron chi connectivity index (χ1n) is 9.49. The minimum absolute atomic E-state index is 0.570. The molecule has 0 saturated heterocycles. The third-order valence-electron chi connectivity index (χ3n) is 5.39. The van der Waals surface area contributed by atoms with Gasteiger partial charge < -0.3 is 20.7 Å². The Morgan fingerprint density at radius 2 is 1.74 bits per heavy atom. The van der Waals surface area contributed by atoms with Gasteiger partial charge in [0.2, 0.25) is 0 Å². The number of para-hydroxylation sites is 2. The summed E-state index contributed by atoms with van der Waals surface area (Å²) in [6.45, 7) is 1.57. The molecule has 0 saturated carbocycles. The minimum atomic E-state index is -1.10. The summed E-state index contributed by atoms with van der Waals surface area (Å²) in [5, 5.41) is 19.3. The summed E-state index contributed by atoms with van der Waals surface area (Å²) in [5.74, 6) is 0. The molecule has 5 heteroatoms. The highest BCUT2D eigenvalue weighted by Gasteiger charge is 2.43. The summed E-state index contributed by atoms with van der Waals surface area (Å²) in [6.07, 6.45) is 1.44. The molecule has 1 aromatic heterocycles. The molecule has 27 heavy (non-hydrogen) atoms. The van der Waals surface area contributed by atoms with Crippen molar-refractivity contribution in [2.45, 2.75) is 18.4 Å². The van der Waals surface area contributed by atoms with Crippen molar-refractivity contribution in [1.82, 2.24) is 15.6 Å². The van der Waals surface area contributed by atoms with Crippen molar-refractivity contribution in [1.29, 1.82) is 0 Å². The summed E-state index contributed by atoms with van der Waals surface area (Å²) in [5.41, 5.74) is 4.58. The summed E-state index contributed by atoms with van der Waals surface area (Å²) in [6, 6.07) is 16.2. The Labute approximate surface area is 159 Å². The third kappa shape index (κ3) is 2.98. The molecule has 5 nitrogen and oxygen atoms in total. The number of aliphatic hydroxyl groups is 1. The van der Waals surface area contributed by atoms with Crippen molar-refractivity contribution in [3.63, 3.8) is 0 Å². The standard InChI is InChI=1S/C22H26N4O/c1-23-13-11-16-15-7-3-5-9-18(15)25-20(16)21-22(27,12-14-24-2)17-8-4-6-10-19(17)26-21/h3-10,23-25,27H,11-14H2,1-2H3. The fraction of sp³-hybridized carbons (Fsp3) is 0.318. The quantitative estimate of drug-likeness (QED) is 0.522. The molecule has 4 N–H and O–H groups in total. The number of benzene rings is 2. The molecular weight excluding hydrogens is 336 g/mol. The zero-order chi connectivity index (χ0) is 18.9. The van der Waals surface area contributed by atoms with E-state index in [1.165, 1.54) is 10.9 Å². The van der Waals surface area contributed by atoms with E-state index in [0.717, 1.165) is 41.1 Å². The van der Waals surface area contributed by atoms with E-state index in [9.17, 15) is 5.11 Å². The minimum Gasteiger partial charge on any atom is -0.379 e. The number of aromatic nitrogens is 1. The lowest BCUT2D eigenvalue weighted by molar-refractivity contribution is 0.106. The normalized spacial score (nSPS) is 18.7. The van der Waals surface area contributed by atoms with Crippen LogP contribution >= 0.6 is 0 Å². The molecule has 1 unspecified atom stereocenters. The molecule has 3 aromatic rings. The number of nitrogens with one attached hydrogen (secondary N) is 3. The van der Waals surface area contributed by atoms with Crippen molar-refractivity contribution in [3.8, 4) is 0 Å². The first-order valence-corrected chi connectivity index (χ1v) is 9.49. The molecule has 2 heterocycles. The van der Waals surface area contributed by atoms with Gasteiger partial charge in [-0.2, -0.15) is 0 Å². The molecule has 140 valence electrons. The third-order valence-corrected chi connectivity index (χ3v) is 5.39. The van der Waals surface area contributed by atoms with Crippen LogP contribution in [0.25, 0.3) is 10.9 Å². The number of aromatic amines is 1. The van der Waals surface area contributed by atoms with Crippen LogP contribution in [0.15, 0.2) is 53.5 Å². The topological polar surface area (TPSA) is 72.4 Å². The van der Waals surface area contributed by atoms with Crippen molar-refractivity contribution in [2.75, 3.05) is 27.2 Å². The number of hydrogen-bond acceptors (Lipinski definition) is 4. The predicted octanol–water partition coefficient (Wildman–Crippen LogP) is 2.86. The molecule has 1 aliphatic heterocycles. The molecule has 4 rings (SSSR count). The second-order valence-corrected chi connectivity index (χ2v) is 7.07. The Kier molecular flexibility index (Phi) is 4.83. The number of nitrogens with zero attached hydrogens (tertiary/aromatic N) is 1. The van der Waals surface area contributed by atoms with E-state index >= 15 is 0 Å². The van der Waals surface area contributed by atoms with E-state index in [0.29, 0.717) is 13.0 Å². The fourth-order valence-corrected chi connectivity index (χ4v) is 3.99. The van der Waals surface area contributed by atoms with Gasteiger partial charge in [0, 0.05) is 16.5 Å². The lowest BCUT2D eigenvalue weighted by atomic mass is 9.84. The van der Waals surface area contributed by atoms with Crippen LogP contribution in [-0.4, -0.2) is 43.0 Å². The van der Waals surface area contributed by atoms with E-state index in [-0.39, 0.29) is 0 Å². The molecule has 1 aliphatic rings. The lowest BCUT2D eigenvalue weighted by Crippen LogP contribution is -2.37. The van der Waals surface area contributed by atoms with Gasteiger partial charge in [0.1, 0.15) is 11.3 Å². The van der Waals surface area contributed by atoms with Crippen LogP contribution in [-0.2, 0) is 12.0 Å². The SMILES string of the molecule is CNCCc1c(C2=Nc3ccccc3C2(O)CCNC)[nH]c2ccccc12. The van der Waals surface area contributed by atoms with Gasteiger partial charge in [-0.05, 0) is 57.7 Å². The Bertz CT molecular complexity index is 991. The number of fused-ring (bicyclic) bond motifs is 2. The molecule has 1 atom stereocenters. The number of aliphatic imine (C=N–C) groups is 1. The second-order valence-electron chi connectivity index (χ2n) is 7.07. The summed E-state index contributed by atoms with van der Waals surface area (Å²) >= 11 is 0. The number of likely N-dealkylation sites (N-methyl/N-ethyl adjacent to an activating group) is 1. The van der Waals surface area contributed by atoms with Crippen LogP contribution in [0.5, 0.6) is 0 Å². The Hall–Kier alpha value is -2.47. The Morgan fingerprint density at radius 1 is 1.00 bits per heavy atom. The Morgan fingerprint density at radius 3 is 2.56 bits per heavy atom. The average molecular weight is 362 g/mol. The van der Waals surface area contributed by atoms with Crippen LogP contribution in [0, 0.1) is 0 Å². The van der Waals surface area contributed by atoms with Crippen molar-refractivity contribution in [3.05, 3.63) is 65.4 Å². The average Bonchev–Trinajstić information content (AvgIpc) is 3.20. The molecule has 0 radical (unpaired) electrons. The highest BCUT2D eigenvalue weighted by Crippen LogP contribution is 2.43. The van der Waals surface area contributed by atoms with Crippen LogP contribution in [0.3, 0.4) is 0 Å². The zero-order valence-corrected chi connectivity index (χ0v) is 15.8. The molecule has 0 aliphatic carbocycles. The van der Waals surface area contributed by atoms with E-state index in [1.54, 1.807) is 0 Å². The molecule has 0 bridgehead atoms. The van der Waals surface area contributed by atoms with Crippen LogP contribution in [0.2, 0.25) is 0 Å². The molecule has 0 amide bonds. The Balaban J connectivity index is 1.89. The van der Waals surface area contributed by atoms with Crippen LogP contribution in [0.4, 0.5) is 5.69 Å². The van der Waals surface area contributed by atoms with Gasteiger partial charge in [-0.25, -0.2) is 4.99 Å². The number of hydrogen-bond donors (Lipinski definition) is 4. The maximum Gasteiger partial charge on any atom is 0.137 e. The van der Waals surface area contributed by atoms with Crippen molar-refractivity contribution < 1.29 is 5.11 Å². The molecular formula is C22H26N4O. The van der Waals surface area contributed by atoms with Gasteiger partial charge in [-0.15, -0.1) is 0 Å². The summed E-state index contributed by atoms with van der Waals surface area (Å²) in [4.78, 5) is 8.42. The van der Waals surface area contributed by atoms with E-state index in [1.807, 2.05) is 44.4 Å². The van der Waals surface area contributed by atoms with Crippen LogP contribution in [0.1, 0.15) is 23.2 Å². The maximum absolute atomic E-state index is 11.8.